The molecule has 1 saturated carbocycles. The second-order valence-electron chi connectivity index (χ2n) is 6.49. The fourth-order valence-corrected chi connectivity index (χ4v) is 4.14. The van der Waals surface area contributed by atoms with E-state index in [0.717, 1.165) is 32.2 Å². The van der Waals surface area contributed by atoms with Crippen molar-refractivity contribution in [3.8, 4) is 0 Å². The average molecular weight is 268 g/mol. The van der Waals surface area contributed by atoms with Gasteiger partial charge in [0.25, 0.3) is 0 Å². The zero-order valence-electron chi connectivity index (χ0n) is 12.9. The summed E-state index contributed by atoms with van der Waals surface area (Å²) in [6.45, 7) is 8.27. The Kier molecular flexibility index (Phi) is 5.67. The minimum absolute atomic E-state index is 0.273. The normalized spacial score (nSPS) is 37.4. The summed E-state index contributed by atoms with van der Waals surface area (Å²) in [6.07, 6.45) is 9.25. The standard InChI is InChI=1S/C16H32N2O/c1-3-5-14-6-8-16(13-17,9-7-14)18-10-11-19-12-15(18)4-2/h14-15H,3-13,17H2,1-2H3. The van der Waals surface area contributed by atoms with Crippen molar-refractivity contribution in [3.63, 3.8) is 0 Å². The lowest BCUT2D eigenvalue weighted by Crippen LogP contribution is -2.62. The number of morpholine rings is 1. The first-order chi connectivity index (χ1) is 9.25. The van der Waals surface area contributed by atoms with E-state index in [1.54, 1.807) is 0 Å². The van der Waals surface area contributed by atoms with Gasteiger partial charge in [-0.2, -0.15) is 0 Å². The molecule has 2 N–H and O–H groups in total. The van der Waals surface area contributed by atoms with Crippen LogP contribution in [-0.4, -0.2) is 42.8 Å². The molecule has 112 valence electrons. The van der Waals surface area contributed by atoms with Gasteiger partial charge >= 0.3 is 0 Å². The van der Waals surface area contributed by atoms with Crippen molar-refractivity contribution in [3.05, 3.63) is 0 Å². The molecule has 1 heterocycles. The van der Waals surface area contributed by atoms with E-state index in [1.807, 2.05) is 0 Å². The molecule has 0 aromatic heterocycles. The van der Waals surface area contributed by atoms with Gasteiger partial charge in [0.2, 0.25) is 0 Å². The SMILES string of the molecule is CCCC1CCC(CN)(N2CCOCC2CC)CC1. The number of ether oxygens (including phenoxy) is 1. The maximum absolute atomic E-state index is 6.22. The van der Waals surface area contributed by atoms with Crippen molar-refractivity contribution in [2.24, 2.45) is 11.7 Å². The molecule has 1 aliphatic heterocycles. The van der Waals surface area contributed by atoms with Crippen LogP contribution in [0.3, 0.4) is 0 Å². The Morgan fingerprint density at radius 2 is 2.00 bits per heavy atom. The van der Waals surface area contributed by atoms with Gasteiger partial charge in [-0.25, -0.2) is 0 Å². The molecule has 1 unspecified atom stereocenters. The largest absolute Gasteiger partial charge is 0.378 e. The predicted molar refractivity (Wildman–Crippen MR) is 80.3 cm³/mol. The van der Waals surface area contributed by atoms with Gasteiger partial charge in [0.1, 0.15) is 0 Å². The first-order valence-electron chi connectivity index (χ1n) is 8.30. The summed E-state index contributed by atoms with van der Waals surface area (Å²) >= 11 is 0. The molecule has 0 aromatic carbocycles. The fraction of sp³-hybridized carbons (Fsp3) is 1.00. The number of hydrogen-bond acceptors (Lipinski definition) is 3. The minimum atomic E-state index is 0.273. The lowest BCUT2D eigenvalue weighted by atomic mass is 9.73. The number of rotatable bonds is 5. The molecule has 0 aromatic rings. The lowest BCUT2D eigenvalue weighted by Gasteiger charge is -2.52. The number of hydrogen-bond donors (Lipinski definition) is 1. The third-order valence-electron chi connectivity index (χ3n) is 5.42. The van der Waals surface area contributed by atoms with E-state index in [1.165, 1.54) is 44.9 Å². The van der Waals surface area contributed by atoms with Gasteiger partial charge in [-0.05, 0) is 38.0 Å². The Bertz CT molecular complexity index is 261. The summed E-state index contributed by atoms with van der Waals surface area (Å²) < 4.78 is 5.66. The molecule has 1 aliphatic carbocycles. The molecular formula is C16H32N2O. The highest BCUT2D eigenvalue weighted by molar-refractivity contribution is 4.99. The molecule has 2 fully saturated rings. The highest BCUT2D eigenvalue weighted by Crippen LogP contribution is 2.39. The maximum Gasteiger partial charge on any atom is 0.0622 e. The van der Waals surface area contributed by atoms with E-state index in [2.05, 4.69) is 18.7 Å². The number of nitrogens with two attached hydrogens (primary N) is 1. The van der Waals surface area contributed by atoms with Crippen molar-refractivity contribution in [2.45, 2.75) is 70.4 Å². The van der Waals surface area contributed by atoms with E-state index >= 15 is 0 Å². The van der Waals surface area contributed by atoms with E-state index in [0.29, 0.717) is 6.04 Å². The molecule has 0 amide bonds. The highest BCUT2D eigenvalue weighted by atomic mass is 16.5. The molecule has 0 spiro atoms. The van der Waals surface area contributed by atoms with Crippen molar-refractivity contribution >= 4 is 0 Å². The minimum Gasteiger partial charge on any atom is -0.378 e. The van der Waals surface area contributed by atoms with Crippen molar-refractivity contribution < 1.29 is 4.74 Å². The quantitative estimate of drug-likeness (QED) is 0.833. The van der Waals surface area contributed by atoms with Crippen LogP contribution >= 0.6 is 0 Å². The third kappa shape index (κ3) is 3.32. The van der Waals surface area contributed by atoms with Crippen LogP contribution in [0.25, 0.3) is 0 Å². The van der Waals surface area contributed by atoms with Gasteiger partial charge in [0.15, 0.2) is 0 Å². The molecule has 3 nitrogen and oxygen atoms in total. The summed E-state index contributed by atoms with van der Waals surface area (Å²) in [4.78, 5) is 2.71. The summed E-state index contributed by atoms with van der Waals surface area (Å²) in [5, 5.41) is 0. The molecule has 1 saturated heterocycles. The monoisotopic (exact) mass is 268 g/mol. The topological polar surface area (TPSA) is 38.5 Å². The molecule has 2 aliphatic rings. The highest BCUT2D eigenvalue weighted by Gasteiger charge is 2.42. The van der Waals surface area contributed by atoms with Crippen LogP contribution in [0.1, 0.15) is 58.8 Å². The Morgan fingerprint density at radius 3 is 2.58 bits per heavy atom. The van der Waals surface area contributed by atoms with Crippen LogP contribution in [0.15, 0.2) is 0 Å². The van der Waals surface area contributed by atoms with Gasteiger partial charge < -0.3 is 10.5 Å². The summed E-state index contributed by atoms with van der Waals surface area (Å²) in [6, 6.07) is 0.583. The first kappa shape index (κ1) is 15.3. The third-order valence-corrected chi connectivity index (χ3v) is 5.42. The Labute approximate surface area is 118 Å². The molecule has 3 heteroatoms. The van der Waals surface area contributed by atoms with E-state index in [-0.39, 0.29) is 5.54 Å². The summed E-state index contributed by atoms with van der Waals surface area (Å²) in [7, 11) is 0. The van der Waals surface area contributed by atoms with Crippen LogP contribution in [0.2, 0.25) is 0 Å². The van der Waals surface area contributed by atoms with Gasteiger partial charge in [-0.3, -0.25) is 4.90 Å². The van der Waals surface area contributed by atoms with Crippen molar-refractivity contribution in [1.82, 2.24) is 4.90 Å². The van der Waals surface area contributed by atoms with Gasteiger partial charge in [-0.15, -0.1) is 0 Å². The first-order valence-corrected chi connectivity index (χ1v) is 8.30. The predicted octanol–water partition coefficient (Wildman–Crippen LogP) is 2.79. The lowest BCUT2D eigenvalue weighted by molar-refractivity contribution is -0.0796. The molecule has 2 rings (SSSR count). The molecule has 0 bridgehead atoms. The van der Waals surface area contributed by atoms with E-state index in [9.17, 15) is 0 Å². The Hall–Kier alpha value is -0.120. The van der Waals surface area contributed by atoms with Crippen LogP contribution < -0.4 is 5.73 Å². The fourth-order valence-electron chi connectivity index (χ4n) is 4.14. The van der Waals surface area contributed by atoms with Crippen LogP contribution in [0.5, 0.6) is 0 Å². The maximum atomic E-state index is 6.22. The van der Waals surface area contributed by atoms with E-state index < -0.39 is 0 Å². The second kappa shape index (κ2) is 7.05. The van der Waals surface area contributed by atoms with Gasteiger partial charge in [0.05, 0.1) is 13.2 Å². The summed E-state index contributed by atoms with van der Waals surface area (Å²) in [5.74, 6) is 0.950. The zero-order valence-corrected chi connectivity index (χ0v) is 12.9. The molecular weight excluding hydrogens is 236 g/mol. The van der Waals surface area contributed by atoms with Crippen molar-refractivity contribution in [1.29, 1.82) is 0 Å². The Morgan fingerprint density at radius 1 is 1.26 bits per heavy atom. The van der Waals surface area contributed by atoms with Gasteiger partial charge in [-0.1, -0.05) is 26.7 Å². The van der Waals surface area contributed by atoms with Gasteiger partial charge in [0, 0.05) is 24.7 Å². The zero-order chi connectivity index (χ0) is 13.7. The smallest absolute Gasteiger partial charge is 0.0622 e. The molecule has 1 atom stereocenters. The van der Waals surface area contributed by atoms with E-state index in [4.69, 9.17) is 10.5 Å². The average Bonchev–Trinajstić information content (AvgIpc) is 2.48. The van der Waals surface area contributed by atoms with Crippen LogP contribution in [0, 0.1) is 5.92 Å². The van der Waals surface area contributed by atoms with Crippen molar-refractivity contribution in [2.75, 3.05) is 26.3 Å². The molecule has 19 heavy (non-hydrogen) atoms. The Balaban J connectivity index is 2.01. The van der Waals surface area contributed by atoms with Crippen LogP contribution in [0.4, 0.5) is 0 Å². The van der Waals surface area contributed by atoms with Crippen LogP contribution in [-0.2, 0) is 4.74 Å². The number of nitrogens with zero attached hydrogens (tertiary/aromatic N) is 1. The second-order valence-corrected chi connectivity index (χ2v) is 6.49. The summed E-state index contributed by atoms with van der Waals surface area (Å²) in [5.41, 5.74) is 6.50. The molecule has 0 radical (unpaired) electrons.